The van der Waals surface area contributed by atoms with Crippen LogP contribution in [0.3, 0.4) is 0 Å². The van der Waals surface area contributed by atoms with E-state index in [1.165, 1.54) is 0 Å². The van der Waals surface area contributed by atoms with E-state index in [9.17, 15) is 19.2 Å². The molecule has 0 unspecified atom stereocenters. The van der Waals surface area contributed by atoms with Crippen LogP contribution in [0.4, 0.5) is 4.79 Å². The van der Waals surface area contributed by atoms with Gasteiger partial charge in [0.25, 0.3) is 0 Å². The summed E-state index contributed by atoms with van der Waals surface area (Å²) in [6.45, 7) is 9.52. The Morgan fingerprint density at radius 3 is 2.30 bits per heavy atom. The molecule has 154 valence electrons. The van der Waals surface area contributed by atoms with Crippen LogP contribution in [0.25, 0.3) is 0 Å². The number of amides is 4. The topological polar surface area (TPSA) is 140 Å². The van der Waals surface area contributed by atoms with Crippen molar-refractivity contribution < 1.29 is 23.9 Å². The van der Waals surface area contributed by atoms with Crippen molar-refractivity contribution in [2.45, 2.75) is 71.6 Å². The molecular weight excluding hydrogens is 352 g/mol. The standard InChI is InChI=1S/C18H32N4O5/c1-10(2)8-13(22-17(26)27-18(3,4)5)16(25)21-12(14(19)23)9-11-6-7-20-15(11)24/h10-13H,6-9H2,1-5H3,(H2,19,23)(H,20,24)(H,21,25)(H,22,26)/t11-,12-,13-/m0/s1. The van der Waals surface area contributed by atoms with Crippen molar-refractivity contribution in [2.24, 2.45) is 17.6 Å². The Labute approximate surface area is 160 Å². The first-order chi connectivity index (χ1) is 12.4. The van der Waals surface area contributed by atoms with Gasteiger partial charge in [-0.2, -0.15) is 0 Å². The molecule has 3 atom stereocenters. The van der Waals surface area contributed by atoms with E-state index in [4.69, 9.17) is 10.5 Å². The lowest BCUT2D eigenvalue weighted by atomic mass is 9.97. The van der Waals surface area contributed by atoms with Crippen LogP contribution in [-0.4, -0.2) is 48.0 Å². The molecule has 1 aliphatic rings. The fourth-order valence-electron chi connectivity index (χ4n) is 2.83. The predicted molar refractivity (Wildman–Crippen MR) is 99.5 cm³/mol. The molecule has 0 saturated carbocycles. The summed E-state index contributed by atoms with van der Waals surface area (Å²) in [4.78, 5) is 48.2. The van der Waals surface area contributed by atoms with Gasteiger partial charge >= 0.3 is 6.09 Å². The van der Waals surface area contributed by atoms with Crippen molar-refractivity contribution in [1.29, 1.82) is 0 Å². The quantitative estimate of drug-likeness (QED) is 0.480. The Balaban J connectivity index is 2.78. The molecular formula is C18H32N4O5. The van der Waals surface area contributed by atoms with E-state index in [1.807, 2.05) is 13.8 Å². The first kappa shape index (κ1) is 22.7. The number of rotatable bonds is 8. The lowest BCUT2D eigenvalue weighted by Crippen LogP contribution is -2.54. The maximum Gasteiger partial charge on any atom is 0.408 e. The van der Waals surface area contributed by atoms with Gasteiger partial charge in [0.1, 0.15) is 17.7 Å². The Morgan fingerprint density at radius 1 is 1.22 bits per heavy atom. The van der Waals surface area contributed by atoms with Gasteiger partial charge in [-0.1, -0.05) is 13.8 Å². The summed E-state index contributed by atoms with van der Waals surface area (Å²) in [6.07, 6.45) is 0.368. The average Bonchev–Trinajstić information content (AvgIpc) is 2.88. The highest BCUT2D eigenvalue weighted by Crippen LogP contribution is 2.16. The number of carbonyl (C=O) groups excluding carboxylic acids is 4. The molecule has 4 amide bonds. The zero-order chi connectivity index (χ0) is 20.8. The van der Waals surface area contributed by atoms with Gasteiger partial charge in [-0.05, 0) is 46.0 Å². The molecule has 9 heteroatoms. The number of hydrogen-bond donors (Lipinski definition) is 4. The van der Waals surface area contributed by atoms with Gasteiger partial charge < -0.3 is 26.4 Å². The fraction of sp³-hybridized carbons (Fsp3) is 0.778. The number of nitrogens with one attached hydrogen (secondary N) is 3. The van der Waals surface area contributed by atoms with Crippen molar-refractivity contribution in [3.05, 3.63) is 0 Å². The summed E-state index contributed by atoms with van der Waals surface area (Å²) >= 11 is 0. The van der Waals surface area contributed by atoms with Crippen molar-refractivity contribution in [3.63, 3.8) is 0 Å². The number of hydrogen-bond acceptors (Lipinski definition) is 5. The Hall–Kier alpha value is -2.32. The number of alkyl carbamates (subject to hydrolysis) is 1. The molecule has 0 aliphatic carbocycles. The summed E-state index contributed by atoms with van der Waals surface area (Å²) in [5.41, 5.74) is 4.70. The lowest BCUT2D eigenvalue weighted by molar-refractivity contribution is -0.130. The molecule has 5 N–H and O–H groups in total. The van der Waals surface area contributed by atoms with Crippen LogP contribution in [0.15, 0.2) is 0 Å². The molecule has 1 rings (SSSR count). The van der Waals surface area contributed by atoms with Gasteiger partial charge in [-0.25, -0.2) is 4.79 Å². The SMILES string of the molecule is CC(C)C[C@H](NC(=O)OC(C)(C)C)C(=O)N[C@@H](C[C@@H]1CCNC1=O)C(N)=O. The monoisotopic (exact) mass is 384 g/mol. The zero-order valence-corrected chi connectivity index (χ0v) is 16.8. The third-order valence-corrected chi connectivity index (χ3v) is 4.06. The minimum Gasteiger partial charge on any atom is -0.444 e. The second-order valence-corrected chi connectivity index (χ2v) is 8.30. The van der Waals surface area contributed by atoms with E-state index >= 15 is 0 Å². The molecule has 1 fully saturated rings. The van der Waals surface area contributed by atoms with Crippen molar-refractivity contribution in [1.82, 2.24) is 16.0 Å². The molecule has 0 aromatic carbocycles. The van der Waals surface area contributed by atoms with E-state index in [0.717, 1.165) is 0 Å². The third kappa shape index (κ3) is 8.27. The van der Waals surface area contributed by atoms with Crippen LogP contribution < -0.4 is 21.7 Å². The van der Waals surface area contributed by atoms with Gasteiger partial charge in [0.2, 0.25) is 17.7 Å². The highest BCUT2D eigenvalue weighted by atomic mass is 16.6. The Bertz CT molecular complexity index is 571. The maximum atomic E-state index is 12.7. The van der Waals surface area contributed by atoms with Crippen molar-refractivity contribution in [3.8, 4) is 0 Å². The fourth-order valence-corrected chi connectivity index (χ4v) is 2.83. The Kier molecular flexibility index (Phi) is 8.05. The molecule has 0 radical (unpaired) electrons. The van der Waals surface area contributed by atoms with E-state index < -0.39 is 35.6 Å². The molecule has 0 bridgehead atoms. The highest BCUT2D eigenvalue weighted by molar-refractivity contribution is 5.91. The van der Waals surface area contributed by atoms with E-state index in [-0.39, 0.29) is 24.2 Å². The third-order valence-electron chi connectivity index (χ3n) is 4.06. The molecule has 1 saturated heterocycles. The molecule has 0 aromatic rings. The van der Waals surface area contributed by atoms with Crippen molar-refractivity contribution in [2.75, 3.05) is 6.54 Å². The average molecular weight is 384 g/mol. The van der Waals surface area contributed by atoms with E-state index in [2.05, 4.69) is 16.0 Å². The van der Waals surface area contributed by atoms with Crippen LogP contribution in [0.2, 0.25) is 0 Å². The summed E-state index contributed by atoms with van der Waals surface area (Å²) < 4.78 is 5.20. The van der Waals surface area contributed by atoms with Crippen molar-refractivity contribution >= 4 is 23.8 Å². The molecule has 0 aromatic heterocycles. The minimum absolute atomic E-state index is 0.114. The van der Waals surface area contributed by atoms with Gasteiger partial charge in [0, 0.05) is 12.5 Å². The number of ether oxygens (including phenoxy) is 1. The summed E-state index contributed by atoms with van der Waals surface area (Å²) in [5.74, 6) is -1.66. The molecule has 0 spiro atoms. The highest BCUT2D eigenvalue weighted by Gasteiger charge is 2.32. The van der Waals surface area contributed by atoms with Gasteiger partial charge in [0.15, 0.2) is 0 Å². The Morgan fingerprint density at radius 2 is 1.85 bits per heavy atom. The zero-order valence-electron chi connectivity index (χ0n) is 16.8. The summed E-state index contributed by atoms with van der Waals surface area (Å²) in [7, 11) is 0. The maximum absolute atomic E-state index is 12.7. The number of nitrogens with two attached hydrogens (primary N) is 1. The normalized spacial score (nSPS) is 19.2. The van der Waals surface area contributed by atoms with Gasteiger partial charge in [-0.3, -0.25) is 14.4 Å². The van der Waals surface area contributed by atoms with Crippen LogP contribution in [0.1, 0.15) is 53.9 Å². The van der Waals surface area contributed by atoms with Gasteiger partial charge in [-0.15, -0.1) is 0 Å². The number of carbonyl (C=O) groups is 4. The van der Waals surface area contributed by atoms with Gasteiger partial charge in [0.05, 0.1) is 0 Å². The molecule has 1 heterocycles. The lowest BCUT2D eigenvalue weighted by Gasteiger charge is -2.26. The van der Waals surface area contributed by atoms with Crippen LogP contribution in [-0.2, 0) is 19.1 Å². The summed E-state index contributed by atoms with van der Waals surface area (Å²) in [5, 5.41) is 7.81. The molecule has 9 nitrogen and oxygen atoms in total. The second-order valence-electron chi connectivity index (χ2n) is 8.30. The van der Waals surface area contributed by atoms with E-state index in [1.54, 1.807) is 20.8 Å². The van der Waals surface area contributed by atoms with E-state index in [0.29, 0.717) is 19.4 Å². The first-order valence-electron chi connectivity index (χ1n) is 9.26. The first-order valence-corrected chi connectivity index (χ1v) is 9.26. The predicted octanol–water partition coefficient (Wildman–Crippen LogP) is 0.422. The molecule has 1 aliphatic heterocycles. The van der Waals surface area contributed by atoms with Crippen LogP contribution >= 0.6 is 0 Å². The summed E-state index contributed by atoms with van der Waals surface area (Å²) in [6, 6.07) is -1.86. The smallest absolute Gasteiger partial charge is 0.408 e. The van der Waals surface area contributed by atoms with Crippen LogP contribution in [0.5, 0.6) is 0 Å². The number of primary amides is 1. The second kappa shape index (κ2) is 9.57. The van der Waals surface area contributed by atoms with Crippen LogP contribution in [0, 0.1) is 11.8 Å². The molecule has 27 heavy (non-hydrogen) atoms. The largest absolute Gasteiger partial charge is 0.444 e. The minimum atomic E-state index is -0.985.